The lowest BCUT2D eigenvalue weighted by molar-refractivity contribution is -0.148. The van der Waals surface area contributed by atoms with E-state index in [1.807, 2.05) is 0 Å². The van der Waals surface area contributed by atoms with Gasteiger partial charge in [0.05, 0.1) is 13.0 Å². The van der Waals surface area contributed by atoms with Gasteiger partial charge in [-0.25, -0.2) is 0 Å². The van der Waals surface area contributed by atoms with Crippen molar-refractivity contribution in [1.82, 2.24) is 5.32 Å². The number of amides is 1. The van der Waals surface area contributed by atoms with Gasteiger partial charge in [-0.15, -0.1) is 0 Å². The highest BCUT2D eigenvalue weighted by Gasteiger charge is 2.51. The summed E-state index contributed by atoms with van der Waals surface area (Å²) in [5, 5.41) is 2.81. The van der Waals surface area contributed by atoms with Crippen molar-refractivity contribution in [2.45, 2.75) is 25.7 Å². The quantitative estimate of drug-likeness (QED) is 0.621. The molecule has 1 N–H and O–H groups in total. The molecular formula is C10H15NO3. The first-order chi connectivity index (χ1) is 6.68. The monoisotopic (exact) mass is 197 g/mol. The van der Waals surface area contributed by atoms with E-state index in [2.05, 4.69) is 5.32 Å². The molecule has 1 amide bonds. The molecule has 1 aliphatic heterocycles. The van der Waals surface area contributed by atoms with Crippen molar-refractivity contribution in [3.63, 3.8) is 0 Å². The van der Waals surface area contributed by atoms with Gasteiger partial charge in [0, 0.05) is 18.4 Å². The Hall–Kier alpha value is -1.06. The molecule has 2 unspecified atom stereocenters. The van der Waals surface area contributed by atoms with Crippen molar-refractivity contribution in [2.24, 2.45) is 11.3 Å². The third-order valence-corrected chi connectivity index (χ3v) is 3.54. The van der Waals surface area contributed by atoms with Crippen LogP contribution < -0.4 is 5.32 Å². The first kappa shape index (κ1) is 9.49. The Kier molecular flexibility index (Phi) is 2.21. The Labute approximate surface area is 83.0 Å². The average Bonchev–Trinajstić information content (AvgIpc) is 2.74. The number of hydrogen-bond donors (Lipinski definition) is 1. The molecule has 0 aromatic carbocycles. The standard InChI is InChI=1S/C10H15NO3/c1-14-9(13)7-3-2-4-10(7)5-8(12)11-6-10/h7H,2-6H2,1H3,(H,11,12). The van der Waals surface area contributed by atoms with E-state index in [9.17, 15) is 9.59 Å². The Morgan fingerprint density at radius 1 is 1.64 bits per heavy atom. The normalized spacial score (nSPS) is 36.1. The van der Waals surface area contributed by atoms with E-state index in [1.54, 1.807) is 0 Å². The molecule has 0 aromatic heterocycles. The molecule has 0 bridgehead atoms. The summed E-state index contributed by atoms with van der Waals surface area (Å²) in [6.45, 7) is 0.644. The summed E-state index contributed by atoms with van der Waals surface area (Å²) in [6, 6.07) is 0. The molecule has 1 saturated carbocycles. The second-order valence-corrected chi connectivity index (χ2v) is 4.28. The lowest BCUT2D eigenvalue weighted by Gasteiger charge is -2.26. The molecule has 1 aliphatic carbocycles. The molecule has 78 valence electrons. The van der Waals surface area contributed by atoms with Gasteiger partial charge < -0.3 is 10.1 Å². The van der Waals surface area contributed by atoms with Crippen LogP contribution in [0.25, 0.3) is 0 Å². The van der Waals surface area contributed by atoms with E-state index in [1.165, 1.54) is 7.11 Å². The summed E-state index contributed by atoms with van der Waals surface area (Å²) in [6.07, 6.45) is 3.34. The number of esters is 1. The van der Waals surface area contributed by atoms with E-state index < -0.39 is 0 Å². The molecule has 4 nitrogen and oxygen atoms in total. The Morgan fingerprint density at radius 3 is 3.00 bits per heavy atom. The van der Waals surface area contributed by atoms with Gasteiger partial charge in [0.25, 0.3) is 0 Å². The summed E-state index contributed by atoms with van der Waals surface area (Å²) in [5.41, 5.74) is -0.135. The molecule has 2 fully saturated rings. The highest BCUT2D eigenvalue weighted by molar-refractivity contribution is 5.82. The molecule has 1 heterocycles. The van der Waals surface area contributed by atoms with Crippen LogP contribution >= 0.6 is 0 Å². The first-order valence-corrected chi connectivity index (χ1v) is 5.02. The van der Waals surface area contributed by atoms with Crippen LogP contribution in [0, 0.1) is 11.3 Å². The van der Waals surface area contributed by atoms with Gasteiger partial charge in [0.15, 0.2) is 0 Å². The van der Waals surface area contributed by atoms with Crippen LogP contribution in [-0.4, -0.2) is 25.5 Å². The van der Waals surface area contributed by atoms with E-state index in [4.69, 9.17) is 4.74 Å². The van der Waals surface area contributed by atoms with Crippen molar-refractivity contribution >= 4 is 11.9 Å². The summed E-state index contributed by atoms with van der Waals surface area (Å²) >= 11 is 0. The minimum atomic E-state index is -0.154. The van der Waals surface area contributed by atoms with Crippen molar-refractivity contribution in [3.8, 4) is 0 Å². The number of carbonyl (C=O) groups excluding carboxylic acids is 2. The Bertz CT molecular complexity index is 277. The lowest BCUT2D eigenvalue weighted by atomic mass is 9.77. The zero-order chi connectivity index (χ0) is 10.2. The summed E-state index contributed by atoms with van der Waals surface area (Å²) in [5.74, 6) is -0.161. The van der Waals surface area contributed by atoms with Gasteiger partial charge in [-0.3, -0.25) is 9.59 Å². The fraction of sp³-hybridized carbons (Fsp3) is 0.800. The van der Waals surface area contributed by atoms with Gasteiger partial charge in [0.2, 0.25) is 5.91 Å². The minimum Gasteiger partial charge on any atom is -0.469 e. The van der Waals surface area contributed by atoms with Crippen molar-refractivity contribution in [3.05, 3.63) is 0 Å². The van der Waals surface area contributed by atoms with Gasteiger partial charge in [-0.2, -0.15) is 0 Å². The van der Waals surface area contributed by atoms with Crippen LogP contribution in [0.3, 0.4) is 0 Å². The Morgan fingerprint density at radius 2 is 2.43 bits per heavy atom. The summed E-state index contributed by atoms with van der Waals surface area (Å²) < 4.78 is 4.78. The van der Waals surface area contributed by atoms with E-state index in [0.29, 0.717) is 13.0 Å². The van der Waals surface area contributed by atoms with Gasteiger partial charge in [-0.1, -0.05) is 6.42 Å². The van der Waals surface area contributed by atoms with Gasteiger partial charge in [-0.05, 0) is 12.8 Å². The van der Waals surface area contributed by atoms with Crippen molar-refractivity contribution < 1.29 is 14.3 Å². The smallest absolute Gasteiger partial charge is 0.309 e. The largest absolute Gasteiger partial charge is 0.469 e. The third kappa shape index (κ3) is 1.29. The van der Waals surface area contributed by atoms with Crippen molar-refractivity contribution in [1.29, 1.82) is 0 Å². The molecule has 2 rings (SSSR count). The van der Waals surface area contributed by atoms with Gasteiger partial charge in [0.1, 0.15) is 0 Å². The molecule has 4 heteroatoms. The van der Waals surface area contributed by atoms with Crippen LogP contribution in [0.5, 0.6) is 0 Å². The predicted octanol–water partition coefficient (Wildman–Crippen LogP) is 0.466. The topological polar surface area (TPSA) is 55.4 Å². The SMILES string of the molecule is COC(=O)C1CCCC12CNC(=O)C2. The fourth-order valence-electron chi connectivity index (χ4n) is 2.79. The van der Waals surface area contributed by atoms with Crippen LogP contribution in [-0.2, 0) is 14.3 Å². The molecule has 2 aliphatic rings. The van der Waals surface area contributed by atoms with E-state index in [0.717, 1.165) is 19.3 Å². The van der Waals surface area contributed by atoms with E-state index in [-0.39, 0.29) is 23.2 Å². The molecular weight excluding hydrogens is 182 g/mol. The number of hydrogen-bond acceptors (Lipinski definition) is 3. The second kappa shape index (κ2) is 3.26. The maximum absolute atomic E-state index is 11.5. The number of nitrogens with one attached hydrogen (secondary N) is 1. The van der Waals surface area contributed by atoms with Crippen LogP contribution in [0.15, 0.2) is 0 Å². The van der Waals surface area contributed by atoms with E-state index >= 15 is 0 Å². The molecule has 2 atom stereocenters. The lowest BCUT2D eigenvalue weighted by Crippen LogP contribution is -2.34. The van der Waals surface area contributed by atoms with Gasteiger partial charge >= 0.3 is 5.97 Å². The summed E-state index contributed by atoms with van der Waals surface area (Å²) in [4.78, 5) is 22.7. The number of ether oxygens (including phenoxy) is 1. The summed E-state index contributed by atoms with van der Waals surface area (Å²) in [7, 11) is 1.42. The molecule has 0 aromatic rings. The zero-order valence-corrected chi connectivity index (χ0v) is 8.34. The minimum absolute atomic E-state index is 0.0702. The second-order valence-electron chi connectivity index (χ2n) is 4.28. The zero-order valence-electron chi connectivity index (χ0n) is 8.34. The first-order valence-electron chi connectivity index (χ1n) is 5.02. The molecule has 1 spiro atoms. The maximum Gasteiger partial charge on any atom is 0.309 e. The number of carbonyl (C=O) groups is 2. The highest BCUT2D eigenvalue weighted by atomic mass is 16.5. The fourth-order valence-corrected chi connectivity index (χ4v) is 2.79. The molecule has 1 saturated heterocycles. The van der Waals surface area contributed by atoms with Crippen LogP contribution in [0.1, 0.15) is 25.7 Å². The van der Waals surface area contributed by atoms with Crippen molar-refractivity contribution in [2.75, 3.05) is 13.7 Å². The van der Waals surface area contributed by atoms with Crippen LogP contribution in [0.2, 0.25) is 0 Å². The maximum atomic E-state index is 11.5. The predicted molar refractivity (Wildman–Crippen MR) is 49.4 cm³/mol. The molecule has 0 radical (unpaired) electrons. The highest BCUT2D eigenvalue weighted by Crippen LogP contribution is 2.48. The molecule has 14 heavy (non-hydrogen) atoms. The average molecular weight is 197 g/mol. The number of rotatable bonds is 1. The number of methoxy groups -OCH3 is 1. The third-order valence-electron chi connectivity index (χ3n) is 3.54. The Balaban J connectivity index is 2.17. The van der Waals surface area contributed by atoms with Crippen LogP contribution in [0.4, 0.5) is 0 Å².